The van der Waals surface area contributed by atoms with Gasteiger partial charge in [0.05, 0.1) is 29.0 Å². The number of hydrogen-bond acceptors (Lipinski definition) is 5. The molecule has 0 aliphatic carbocycles. The van der Waals surface area contributed by atoms with Crippen molar-refractivity contribution in [1.29, 1.82) is 0 Å². The van der Waals surface area contributed by atoms with E-state index in [2.05, 4.69) is 4.98 Å². The van der Waals surface area contributed by atoms with Crippen LogP contribution in [-0.4, -0.2) is 15.0 Å². The lowest BCUT2D eigenvalue weighted by atomic mass is 10.1. The van der Waals surface area contributed by atoms with Gasteiger partial charge in [-0.3, -0.25) is 15.1 Å². The number of nitro groups is 1. The van der Waals surface area contributed by atoms with Gasteiger partial charge in [-0.1, -0.05) is 0 Å². The zero-order valence-corrected chi connectivity index (χ0v) is 12.0. The first-order chi connectivity index (χ1) is 9.88. The standard InChI is InChI=1S/C15H16N2O4/c1-9-6-10(2)15(7-14(9)17(19)20)21-12-4-5-13(11(3)18)16-8-12/h4-8,11,18H,1-3H3/t11-/m1/s1. The number of aromatic nitrogens is 1. The molecule has 1 heterocycles. The summed E-state index contributed by atoms with van der Waals surface area (Å²) in [5.41, 5.74) is 1.95. The average Bonchev–Trinajstić information content (AvgIpc) is 2.42. The van der Waals surface area contributed by atoms with Crippen LogP contribution in [0.15, 0.2) is 30.5 Å². The minimum atomic E-state index is -0.652. The summed E-state index contributed by atoms with van der Waals surface area (Å²) in [7, 11) is 0. The lowest BCUT2D eigenvalue weighted by molar-refractivity contribution is -0.385. The Hall–Kier alpha value is -2.47. The summed E-state index contributed by atoms with van der Waals surface area (Å²) in [6, 6.07) is 6.44. The molecular formula is C15H16N2O4. The molecule has 1 N–H and O–H groups in total. The van der Waals surface area contributed by atoms with E-state index in [0.29, 0.717) is 22.8 Å². The van der Waals surface area contributed by atoms with Gasteiger partial charge in [0.1, 0.15) is 11.5 Å². The summed E-state index contributed by atoms with van der Waals surface area (Å²) >= 11 is 0. The highest BCUT2D eigenvalue weighted by atomic mass is 16.6. The van der Waals surface area contributed by atoms with Crippen LogP contribution in [0.2, 0.25) is 0 Å². The average molecular weight is 288 g/mol. The Morgan fingerprint density at radius 3 is 2.52 bits per heavy atom. The molecule has 0 radical (unpaired) electrons. The monoisotopic (exact) mass is 288 g/mol. The number of benzene rings is 1. The second-order valence-corrected chi connectivity index (χ2v) is 4.86. The molecule has 110 valence electrons. The molecule has 6 heteroatoms. The molecule has 0 fully saturated rings. The largest absolute Gasteiger partial charge is 0.455 e. The van der Waals surface area contributed by atoms with E-state index in [1.165, 1.54) is 12.3 Å². The Balaban J connectivity index is 2.30. The van der Waals surface area contributed by atoms with Gasteiger partial charge in [-0.05, 0) is 44.5 Å². The van der Waals surface area contributed by atoms with Crippen molar-refractivity contribution in [3.8, 4) is 11.5 Å². The molecule has 2 aromatic rings. The second-order valence-electron chi connectivity index (χ2n) is 4.86. The SMILES string of the molecule is Cc1cc(C)c([N+](=O)[O-])cc1Oc1ccc([C@@H](C)O)nc1. The van der Waals surface area contributed by atoms with Crippen molar-refractivity contribution in [3.05, 3.63) is 57.4 Å². The summed E-state index contributed by atoms with van der Waals surface area (Å²) in [4.78, 5) is 14.6. The van der Waals surface area contributed by atoms with Crippen LogP contribution in [0.25, 0.3) is 0 Å². The van der Waals surface area contributed by atoms with Crippen molar-refractivity contribution in [2.45, 2.75) is 26.9 Å². The summed E-state index contributed by atoms with van der Waals surface area (Å²) in [5.74, 6) is 0.875. The molecule has 2 rings (SSSR count). The smallest absolute Gasteiger partial charge is 0.276 e. The third-order valence-corrected chi connectivity index (χ3v) is 3.11. The molecule has 0 unspecified atom stereocenters. The molecule has 0 spiro atoms. The first-order valence-electron chi connectivity index (χ1n) is 6.46. The van der Waals surface area contributed by atoms with Gasteiger partial charge in [0.15, 0.2) is 0 Å². The van der Waals surface area contributed by atoms with Crippen molar-refractivity contribution in [2.24, 2.45) is 0 Å². The second kappa shape index (κ2) is 5.88. The lowest BCUT2D eigenvalue weighted by Crippen LogP contribution is -1.97. The van der Waals surface area contributed by atoms with Gasteiger partial charge in [0.25, 0.3) is 5.69 Å². The van der Waals surface area contributed by atoms with Crippen molar-refractivity contribution in [3.63, 3.8) is 0 Å². The van der Waals surface area contributed by atoms with Crippen LogP contribution < -0.4 is 4.74 Å². The Bertz CT molecular complexity index is 666. The lowest BCUT2D eigenvalue weighted by Gasteiger charge is -2.10. The van der Waals surface area contributed by atoms with Crippen LogP contribution in [0, 0.1) is 24.0 Å². The molecule has 0 saturated carbocycles. The zero-order valence-electron chi connectivity index (χ0n) is 12.0. The van der Waals surface area contributed by atoms with E-state index in [1.807, 2.05) is 6.92 Å². The minimum Gasteiger partial charge on any atom is -0.455 e. The highest BCUT2D eigenvalue weighted by Crippen LogP contribution is 2.31. The number of aliphatic hydroxyl groups is 1. The third-order valence-electron chi connectivity index (χ3n) is 3.11. The van der Waals surface area contributed by atoms with Crippen LogP contribution in [0.1, 0.15) is 29.8 Å². The Kier molecular flexibility index (Phi) is 4.18. The fraction of sp³-hybridized carbons (Fsp3) is 0.267. The first kappa shape index (κ1) is 14.9. The summed E-state index contributed by atoms with van der Waals surface area (Å²) < 4.78 is 5.64. The van der Waals surface area contributed by atoms with E-state index in [1.54, 1.807) is 32.0 Å². The van der Waals surface area contributed by atoms with Crippen molar-refractivity contribution >= 4 is 5.69 Å². The van der Waals surface area contributed by atoms with E-state index in [9.17, 15) is 15.2 Å². The zero-order chi connectivity index (χ0) is 15.6. The Morgan fingerprint density at radius 2 is 2.00 bits per heavy atom. The van der Waals surface area contributed by atoms with Crippen LogP contribution in [-0.2, 0) is 0 Å². The minimum absolute atomic E-state index is 0.0177. The normalized spacial score (nSPS) is 12.0. The fourth-order valence-corrected chi connectivity index (χ4v) is 1.95. The number of pyridine rings is 1. The van der Waals surface area contributed by atoms with Crippen molar-refractivity contribution in [1.82, 2.24) is 4.98 Å². The molecule has 0 bridgehead atoms. The number of aliphatic hydroxyl groups excluding tert-OH is 1. The maximum Gasteiger partial charge on any atom is 0.276 e. The van der Waals surface area contributed by atoms with E-state index in [0.717, 1.165) is 5.56 Å². The van der Waals surface area contributed by atoms with E-state index in [-0.39, 0.29) is 5.69 Å². The van der Waals surface area contributed by atoms with E-state index in [4.69, 9.17) is 4.74 Å². The summed E-state index contributed by atoms with van der Waals surface area (Å²) in [6.07, 6.45) is 0.828. The molecule has 0 amide bonds. The maximum atomic E-state index is 11.0. The Morgan fingerprint density at radius 1 is 1.29 bits per heavy atom. The third kappa shape index (κ3) is 3.35. The number of rotatable bonds is 4. The van der Waals surface area contributed by atoms with Crippen molar-refractivity contribution < 1.29 is 14.8 Å². The molecule has 1 aromatic carbocycles. The van der Waals surface area contributed by atoms with Gasteiger partial charge in [-0.2, -0.15) is 0 Å². The topological polar surface area (TPSA) is 85.5 Å². The Labute approximate surface area is 122 Å². The number of nitro benzene ring substituents is 1. The molecule has 0 aliphatic rings. The highest BCUT2D eigenvalue weighted by Gasteiger charge is 2.15. The van der Waals surface area contributed by atoms with Gasteiger partial charge in [-0.15, -0.1) is 0 Å². The number of hydrogen-bond donors (Lipinski definition) is 1. The molecule has 1 aromatic heterocycles. The fourth-order valence-electron chi connectivity index (χ4n) is 1.95. The van der Waals surface area contributed by atoms with Crippen LogP contribution in [0.5, 0.6) is 11.5 Å². The van der Waals surface area contributed by atoms with Gasteiger partial charge in [-0.25, -0.2) is 0 Å². The maximum absolute atomic E-state index is 11.0. The molecule has 6 nitrogen and oxygen atoms in total. The van der Waals surface area contributed by atoms with Gasteiger partial charge in [0, 0.05) is 5.56 Å². The van der Waals surface area contributed by atoms with Gasteiger partial charge < -0.3 is 9.84 Å². The summed E-state index contributed by atoms with van der Waals surface area (Å²) in [5, 5.41) is 20.4. The van der Waals surface area contributed by atoms with E-state index < -0.39 is 11.0 Å². The van der Waals surface area contributed by atoms with E-state index >= 15 is 0 Å². The number of ether oxygens (including phenoxy) is 1. The number of aryl methyl sites for hydroxylation is 2. The van der Waals surface area contributed by atoms with Crippen molar-refractivity contribution in [2.75, 3.05) is 0 Å². The van der Waals surface area contributed by atoms with Gasteiger partial charge in [0.2, 0.25) is 0 Å². The first-order valence-corrected chi connectivity index (χ1v) is 6.46. The molecule has 0 aliphatic heterocycles. The quantitative estimate of drug-likeness (QED) is 0.688. The van der Waals surface area contributed by atoms with Crippen LogP contribution in [0.4, 0.5) is 5.69 Å². The highest BCUT2D eigenvalue weighted by molar-refractivity contribution is 5.50. The number of nitrogens with zero attached hydrogens (tertiary/aromatic N) is 2. The summed E-state index contributed by atoms with van der Waals surface area (Å²) in [6.45, 7) is 5.13. The van der Waals surface area contributed by atoms with Crippen LogP contribution in [0.3, 0.4) is 0 Å². The predicted molar refractivity (Wildman–Crippen MR) is 77.5 cm³/mol. The molecule has 0 saturated heterocycles. The molecule has 1 atom stereocenters. The van der Waals surface area contributed by atoms with Gasteiger partial charge >= 0.3 is 0 Å². The molecule has 21 heavy (non-hydrogen) atoms. The molecular weight excluding hydrogens is 272 g/mol. The van der Waals surface area contributed by atoms with Crippen LogP contribution >= 0.6 is 0 Å². The predicted octanol–water partition coefficient (Wildman–Crippen LogP) is 3.45.